The molecule has 3 rings (SSSR count). The first-order valence-electron chi connectivity index (χ1n) is 9.58. The number of rotatable bonds is 8. The number of carbonyl (C=O) groups excluding carboxylic acids is 1. The lowest BCUT2D eigenvalue weighted by molar-refractivity contribution is -0.120. The molecule has 1 amide bonds. The topological polar surface area (TPSA) is 75.7 Å². The van der Waals surface area contributed by atoms with E-state index in [2.05, 4.69) is 5.32 Å². The highest BCUT2D eigenvalue weighted by Gasteiger charge is 2.29. The number of hydrogen-bond acceptors (Lipinski definition) is 4. The quantitative estimate of drug-likeness (QED) is 0.574. The average molecular weight is 443 g/mol. The first-order valence-corrected chi connectivity index (χ1v) is 11.0. The van der Waals surface area contributed by atoms with Crippen LogP contribution in [0.4, 0.5) is 10.1 Å². The fourth-order valence-corrected chi connectivity index (χ4v) is 4.50. The number of benzene rings is 3. The summed E-state index contributed by atoms with van der Waals surface area (Å²) in [6.07, 6.45) is 0. The number of sulfonamides is 1. The van der Waals surface area contributed by atoms with Gasteiger partial charge in [-0.1, -0.05) is 42.5 Å². The molecular formula is C23H23FN2O4S. The maximum atomic E-state index is 14.5. The SMILES string of the molecule is COc1ccc(S(=O)(=O)N(CC(=O)NC(C)c2ccccc2)c2ccccc2F)cc1. The molecule has 8 heteroatoms. The highest BCUT2D eigenvalue weighted by molar-refractivity contribution is 7.92. The van der Waals surface area contributed by atoms with E-state index in [0.29, 0.717) is 5.75 Å². The summed E-state index contributed by atoms with van der Waals surface area (Å²) in [6, 6.07) is 20.0. The van der Waals surface area contributed by atoms with Crippen molar-refractivity contribution in [2.75, 3.05) is 18.0 Å². The van der Waals surface area contributed by atoms with Crippen LogP contribution in [-0.4, -0.2) is 28.0 Å². The second-order valence-electron chi connectivity index (χ2n) is 6.84. The van der Waals surface area contributed by atoms with Crippen LogP contribution in [0.15, 0.2) is 83.8 Å². The molecule has 31 heavy (non-hydrogen) atoms. The molecule has 1 atom stereocenters. The highest BCUT2D eigenvalue weighted by atomic mass is 32.2. The van der Waals surface area contributed by atoms with Gasteiger partial charge >= 0.3 is 0 Å². The lowest BCUT2D eigenvalue weighted by atomic mass is 10.1. The zero-order valence-corrected chi connectivity index (χ0v) is 18.0. The Morgan fingerprint density at radius 2 is 1.61 bits per heavy atom. The highest BCUT2D eigenvalue weighted by Crippen LogP contribution is 2.27. The van der Waals surface area contributed by atoms with Crippen LogP contribution in [0.2, 0.25) is 0 Å². The first-order chi connectivity index (χ1) is 14.8. The first kappa shape index (κ1) is 22.3. The number of nitrogens with one attached hydrogen (secondary N) is 1. The maximum Gasteiger partial charge on any atom is 0.264 e. The Bertz CT molecular complexity index is 1140. The minimum Gasteiger partial charge on any atom is -0.497 e. The number of nitrogens with zero attached hydrogens (tertiary/aromatic N) is 1. The summed E-state index contributed by atoms with van der Waals surface area (Å²) in [5, 5.41) is 2.77. The number of para-hydroxylation sites is 1. The molecule has 0 radical (unpaired) electrons. The Hall–Kier alpha value is -3.39. The van der Waals surface area contributed by atoms with Gasteiger partial charge in [0, 0.05) is 0 Å². The van der Waals surface area contributed by atoms with Crippen LogP contribution in [0, 0.1) is 5.82 Å². The lowest BCUT2D eigenvalue weighted by Gasteiger charge is -2.25. The Kier molecular flexibility index (Phi) is 6.91. The molecule has 0 bridgehead atoms. The lowest BCUT2D eigenvalue weighted by Crippen LogP contribution is -2.42. The van der Waals surface area contributed by atoms with Crippen molar-refractivity contribution in [3.8, 4) is 5.75 Å². The van der Waals surface area contributed by atoms with E-state index in [-0.39, 0.29) is 16.6 Å². The second kappa shape index (κ2) is 9.61. The van der Waals surface area contributed by atoms with Gasteiger partial charge in [0.15, 0.2) is 0 Å². The van der Waals surface area contributed by atoms with Crippen molar-refractivity contribution in [3.05, 3.63) is 90.2 Å². The smallest absolute Gasteiger partial charge is 0.264 e. The maximum absolute atomic E-state index is 14.5. The molecule has 0 aromatic heterocycles. The molecule has 0 aliphatic heterocycles. The van der Waals surface area contributed by atoms with E-state index in [4.69, 9.17) is 4.74 Å². The summed E-state index contributed by atoms with van der Waals surface area (Å²) in [5.41, 5.74) is 0.659. The van der Waals surface area contributed by atoms with Crippen molar-refractivity contribution in [1.82, 2.24) is 5.32 Å². The molecular weight excluding hydrogens is 419 g/mol. The number of hydrogen-bond donors (Lipinski definition) is 1. The minimum atomic E-state index is -4.22. The van der Waals surface area contributed by atoms with Gasteiger partial charge in [-0.3, -0.25) is 9.10 Å². The average Bonchev–Trinajstić information content (AvgIpc) is 2.78. The van der Waals surface area contributed by atoms with E-state index in [1.165, 1.54) is 49.6 Å². The van der Waals surface area contributed by atoms with Crippen LogP contribution in [0.3, 0.4) is 0 Å². The van der Waals surface area contributed by atoms with Crippen LogP contribution in [0.5, 0.6) is 5.75 Å². The van der Waals surface area contributed by atoms with E-state index in [0.717, 1.165) is 15.9 Å². The van der Waals surface area contributed by atoms with Crippen molar-refractivity contribution in [1.29, 1.82) is 0 Å². The molecule has 0 aliphatic rings. The van der Waals surface area contributed by atoms with E-state index in [1.807, 2.05) is 30.3 Å². The summed E-state index contributed by atoms with van der Waals surface area (Å²) in [7, 11) is -2.75. The van der Waals surface area contributed by atoms with Gasteiger partial charge in [-0.05, 0) is 48.9 Å². The van der Waals surface area contributed by atoms with Gasteiger partial charge < -0.3 is 10.1 Å². The molecule has 1 N–H and O–H groups in total. The Balaban J connectivity index is 1.91. The number of amides is 1. The van der Waals surface area contributed by atoms with E-state index >= 15 is 0 Å². The number of methoxy groups -OCH3 is 1. The molecule has 6 nitrogen and oxygen atoms in total. The Morgan fingerprint density at radius 1 is 1.00 bits per heavy atom. The molecule has 0 aliphatic carbocycles. The van der Waals surface area contributed by atoms with E-state index < -0.39 is 28.3 Å². The zero-order chi connectivity index (χ0) is 22.4. The summed E-state index contributed by atoms with van der Waals surface area (Å²) in [5.74, 6) is -0.828. The monoisotopic (exact) mass is 442 g/mol. The minimum absolute atomic E-state index is 0.0829. The molecule has 0 saturated heterocycles. The van der Waals surface area contributed by atoms with Gasteiger partial charge in [0.05, 0.1) is 23.7 Å². The van der Waals surface area contributed by atoms with Crippen LogP contribution in [-0.2, 0) is 14.8 Å². The fourth-order valence-electron chi connectivity index (χ4n) is 3.07. The van der Waals surface area contributed by atoms with Crippen LogP contribution < -0.4 is 14.4 Å². The normalized spacial score (nSPS) is 12.1. The van der Waals surface area contributed by atoms with Gasteiger partial charge in [-0.25, -0.2) is 12.8 Å². The third kappa shape index (κ3) is 5.21. The Labute approximate surface area is 181 Å². The summed E-state index contributed by atoms with van der Waals surface area (Å²) in [4.78, 5) is 12.7. The van der Waals surface area contributed by atoms with Gasteiger partial charge in [-0.2, -0.15) is 0 Å². The van der Waals surface area contributed by atoms with Gasteiger partial charge in [0.1, 0.15) is 18.1 Å². The standard InChI is InChI=1S/C23H23FN2O4S/c1-17(18-8-4-3-5-9-18)25-23(27)16-26(22-11-7-6-10-21(22)24)31(28,29)20-14-12-19(30-2)13-15-20/h3-15,17H,16H2,1-2H3,(H,25,27). The van der Waals surface area contributed by atoms with Crippen molar-refractivity contribution >= 4 is 21.6 Å². The molecule has 1 unspecified atom stereocenters. The van der Waals surface area contributed by atoms with Crippen molar-refractivity contribution in [2.24, 2.45) is 0 Å². The van der Waals surface area contributed by atoms with Crippen LogP contribution in [0.25, 0.3) is 0 Å². The number of anilines is 1. The van der Waals surface area contributed by atoms with E-state index in [1.54, 1.807) is 6.92 Å². The fraction of sp³-hybridized carbons (Fsp3) is 0.174. The third-order valence-electron chi connectivity index (χ3n) is 4.73. The second-order valence-corrected chi connectivity index (χ2v) is 8.70. The molecule has 0 spiro atoms. The zero-order valence-electron chi connectivity index (χ0n) is 17.2. The van der Waals surface area contributed by atoms with Crippen LogP contribution in [0.1, 0.15) is 18.5 Å². The number of halogens is 1. The van der Waals surface area contributed by atoms with Crippen molar-refractivity contribution in [2.45, 2.75) is 17.9 Å². The molecule has 0 saturated carbocycles. The molecule has 0 fully saturated rings. The Morgan fingerprint density at radius 3 is 2.23 bits per heavy atom. The molecule has 3 aromatic carbocycles. The summed E-state index contributed by atoms with van der Waals surface area (Å²) in [6.45, 7) is 1.21. The van der Waals surface area contributed by atoms with Crippen molar-refractivity contribution < 1.29 is 22.3 Å². The van der Waals surface area contributed by atoms with Crippen LogP contribution >= 0.6 is 0 Å². The number of ether oxygens (including phenoxy) is 1. The largest absolute Gasteiger partial charge is 0.497 e. The van der Waals surface area contributed by atoms with Gasteiger partial charge in [0.25, 0.3) is 10.0 Å². The van der Waals surface area contributed by atoms with Gasteiger partial charge in [0.2, 0.25) is 5.91 Å². The summed E-state index contributed by atoms with van der Waals surface area (Å²) >= 11 is 0. The molecule has 0 heterocycles. The summed E-state index contributed by atoms with van der Waals surface area (Å²) < 4.78 is 47.0. The predicted molar refractivity (Wildman–Crippen MR) is 117 cm³/mol. The third-order valence-corrected chi connectivity index (χ3v) is 6.51. The predicted octanol–water partition coefficient (Wildman–Crippen LogP) is 3.91. The van der Waals surface area contributed by atoms with E-state index in [9.17, 15) is 17.6 Å². The number of carbonyl (C=O) groups is 1. The molecule has 3 aromatic rings. The molecule has 162 valence electrons. The van der Waals surface area contributed by atoms with Gasteiger partial charge in [-0.15, -0.1) is 0 Å². The van der Waals surface area contributed by atoms with Crippen molar-refractivity contribution in [3.63, 3.8) is 0 Å².